The van der Waals surface area contributed by atoms with Crippen molar-refractivity contribution in [3.05, 3.63) is 65.7 Å². The minimum Gasteiger partial charge on any atom is -0.494 e. The van der Waals surface area contributed by atoms with Crippen LogP contribution >= 0.6 is 0 Å². The van der Waals surface area contributed by atoms with E-state index in [1.165, 1.54) is 4.90 Å². The van der Waals surface area contributed by atoms with Gasteiger partial charge in [0, 0.05) is 20.0 Å². The zero-order chi connectivity index (χ0) is 24.3. The number of aliphatic hydroxyl groups is 1. The molecular weight excluding hydrogens is 430 g/mol. The molecule has 3 rings (SSSR count). The molecule has 184 valence electrons. The van der Waals surface area contributed by atoms with Crippen LogP contribution in [-0.4, -0.2) is 60.2 Å². The third-order valence-corrected chi connectivity index (χ3v) is 6.43. The van der Waals surface area contributed by atoms with Crippen molar-refractivity contribution in [3.63, 3.8) is 0 Å². The van der Waals surface area contributed by atoms with E-state index in [9.17, 15) is 14.7 Å². The Morgan fingerprint density at radius 3 is 2.68 bits per heavy atom. The van der Waals surface area contributed by atoms with Crippen molar-refractivity contribution >= 4 is 11.8 Å². The Bertz CT molecular complexity index is 921. The van der Waals surface area contributed by atoms with Gasteiger partial charge in [-0.15, -0.1) is 0 Å². The number of carbonyl (C=O) groups excluding carboxylic acids is 2. The molecule has 0 saturated heterocycles. The summed E-state index contributed by atoms with van der Waals surface area (Å²) in [6.07, 6.45) is 3.45. The van der Waals surface area contributed by atoms with Crippen LogP contribution in [-0.2, 0) is 22.6 Å². The van der Waals surface area contributed by atoms with E-state index < -0.39 is 6.04 Å². The average Bonchev–Trinajstić information content (AvgIpc) is 2.85. The van der Waals surface area contributed by atoms with E-state index in [1.54, 1.807) is 14.0 Å². The van der Waals surface area contributed by atoms with Gasteiger partial charge in [-0.25, -0.2) is 0 Å². The molecule has 0 aliphatic carbocycles. The Kier molecular flexibility index (Phi) is 9.91. The fourth-order valence-electron chi connectivity index (χ4n) is 4.11. The fraction of sp³-hybridized carbons (Fsp3) is 0.481. The van der Waals surface area contributed by atoms with Crippen molar-refractivity contribution in [1.82, 2.24) is 15.5 Å². The largest absolute Gasteiger partial charge is 0.494 e. The summed E-state index contributed by atoms with van der Waals surface area (Å²) >= 11 is 0. The van der Waals surface area contributed by atoms with Gasteiger partial charge in [-0.3, -0.25) is 9.59 Å². The first-order valence-electron chi connectivity index (χ1n) is 12.1. The molecule has 7 heteroatoms. The normalized spacial score (nSPS) is 21.4. The summed E-state index contributed by atoms with van der Waals surface area (Å²) in [4.78, 5) is 27.3. The molecule has 0 aromatic heterocycles. The predicted molar refractivity (Wildman–Crippen MR) is 132 cm³/mol. The Morgan fingerprint density at radius 1 is 1.12 bits per heavy atom. The second kappa shape index (κ2) is 13.1. The number of carbonyl (C=O) groups is 2. The van der Waals surface area contributed by atoms with Crippen LogP contribution in [0.25, 0.3) is 0 Å². The van der Waals surface area contributed by atoms with Crippen LogP contribution in [0.2, 0.25) is 0 Å². The van der Waals surface area contributed by atoms with E-state index in [2.05, 4.69) is 10.6 Å². The van der Waals surface area contributed by atoms with Gasteiger partial charge in [0.25, 0.3) is 0 Å². The first-order chi connectivity index (χ1) is 16.5. The standard InChI is InChI=1S/C27H37N3O4/c1-20-27(33)29-24(25(19-31)28-18-21-10-5-3-6-11-21)17-22-12-9-13-23(16-22)34-15-8-4-7-14-26(32)30(20)2/h3,5-6,9-13,16,20,24-25,28,31H,4,7-8,14-15,17-19H2,1-2H3,(H,29,33)/t20-,24-,25-/m0/s1. The van der Waals surface area contributed by atoms with Crippen LogP contribution in [0.15, 0.2) is 54.6 Å². The molecule has 0 saturated carbocycles. The van der Waals surface area contributed by atoms with Crippen LogP contribution in [0.4, 0.5) is 0 Å². The Morgan fingerprint density at radius 2 is 1.91 bits per heavy atom. The summed E-state index contributed by atoms with van der Waals surface area (Å²) in [6.45, 7) is 2.77. The van der Waals surface area contributed by atoms with E-state index in [0.29, 0.717) is 26.0 Å². The van der Waals surface area contributed by atoms with Crippen molar-refractivity contribution in [1.29, 1.82) is 0 Å². The molecule has 2 bridgehead atoms. The van der Waals surface area contributed by atoms with Crippen LogP contribution in [0.5, 0.6) is 5.75 Å². The maximum atomic E-state index is 13.2. The van der Waals surface area contributed by atoms with Gasteiger partial charge in [0.05, 0.1) is 25.3 Å². The van der Waals surface area contributed by atoms with Crippen molar-refractivity contribution in [2.75, 3.05) is 20.3 Å². The topological polar surface area (TPSA) is 90.9 Å². The number of hydrogen-bond donors (Lipinski definition) is 3. The summed E-state index contributed by atoms with van der Waals surface area (Å²) in [5.74, 6) is 0.510. The zero-order valence-corrected chi connectivity index (χ0v) is 20.2. The predicted octanol–water partition coefficient (Wildman–Crippen LogP) is 2.66. The molecule has 1 heterocycles. The van der Waals surface area contributed by atoms with Gasteiger partial charge in [-0.05, 0) is 55.9 Å². The lowest BCUT2D eigenvalue weighted by atomic mass is 9.98. The van der Waals surface area contributed by atoms with Gasteiger partial charge in [0.1, 0.15) is 11.8 Å². The van der Waals surface area contributed by atoms with Crippen molar-refractivity contribution in [2.24, 2.45) is 0 Å². The number of nitrogens with zero attached hydrogens (tertiary/aromatic N) is 1. The van der Waals surface area contributed by atoms with E-state index in [-0.39, 0.29) is 30.5 Å². The van der Waals surface area contributed by atoms with E-state index in [4.69, 9.17) is 4.74 Å². The second-order valence-corrected chi connectivity index (χ2v) is 8.96. The molecule has 2 amide bonds. The molecule has 1 aliphatic heterocycles. The number of likely N-dealkylation sites (N-methyl/N-ethyl adjacent to an activating group) is 1. The molecule has 1 aliphatic rings. The van der Waals surface area contributed by atoms with Gasteiger partial charge >= 0.3 is 0 Å². The highest BCUT2D eigenvalue weighted by Gasteiger charge is 2.28. The Balaban J connectivity index is 1.82. The number of nitrogens with one attached hydrogen (secondary N) is 2. The number of fused-ring (bicyclic) bond motifs is 2. The number of rotatable bonds is 5. The third-order valence-electron chi connectivity index (χ3n) is 6.43. The quantitative estimate of drug-likeness (QED) is 0.629. The van der Waals surface area contributed by atoms with E-state index in [0.717, 1.165) is 36.1 Å². The van der Waals surface area contributed by atoms with E-state index >= 15 is 0 Å². The number of hydrogen-bond acceptors (Lipinski definition) is 5. The molecule has 2 aromatic carbocycles. The van der Waals surface area contributed by atoms with Crippen LogP contribution in [0, 0.1) is 0 Å². The molecular formula is C27H37N3O4. The number of benzene rings is 2. The first kappa shape index (κ1) is 25.7. The summed E-state index contributed by atoms with van der Waals surface area (Å²) < 4.78 is 5.91. The highest BCUT2D eigenvalue weighted by Crippen LogP contribution is 2.17. The van der Waals surface area contributed by atoms with E-state index in [1.807, 2.05) is 54.6 Å². The van der Waals surface area contributed by atoms with Crippen molar-refractivity contribution < 1.29 is 19.4 Å². The van der Waals surface area contributed by atoms with Crippen molar-refractivity contribution in [2.45, 2.75) is 63.7 Å². The van der Waals surface area contributed by atoms with Crippen LogP contribution in [0.3, 0.4) is 0 Å². The van der Waals surface area contributed by atoms with Crippen molar-refractivity contribution in [3.8, 4) is 5.75 Å². The van der Waals surface area contributed by atoms with Gasteiger partial charge in [0.2, 0.25) is 11.8 Å². The molecule has 3 N–H and O–H groups in total. The number of amides is 2. The average molecular weight is 468 g/mol. The van der Waals surface area contributed by atoms with Gasteiger partial charge < -0.3 is 25.4 Å². The molecule has 0 spiro atoms. The first-order valence-corrected chi connectivity index (χ1v) is 12.1. The Labute approximate surface area is 202 Å². The third kappa shape index (κ3) is 7.57. The number of ether oxygens (including phenoxy) is 1. The highest BCUT2D eigenvalue weighted by molar-refractivity contribution is 5.87. The summed E-state index contributed by atoms with van der Waals surface area (Å²) in [5.41, 5.74) is 2.10. The SMILES string of the molecule is C[C@H]1C(=O)N[C@H]([C@H](CO)NCc2ccccc2)Cc2cccc(c2)OCCCCCC(=O)N1C. The number of aliphatic hydroxyl groups excluding tert-OH is 1. The van der Waals surface area contributed by atoms with Gasteiger partial charge in [-0.2, -0.15) is 0 Å². The van der Waals surface area contributed by atoms with Crippen LogP contribution in [0.1, 0.15) is 43.7 Å². The minimum absolute atomic E-state index is 0.0432. The minimum atomic E-state index is -0.606. The molecule has 0 unspecified atom stereocenters. The molecule has 2 aromatic rings. The molecule has 0 fully saturated rings. The molecule has 34 heavy (non-hydrogen) atoms. The monoisotopic (exact) mass is 467 g/mol. The van der Waals surface area contributed by atoms with Gasteiger partial charge in [0.15, 0.2) is 0 Å². The lowest BCUT2D eigenvalue weighted by Gasteiger charge is -2.31. The van der Waals surface area contributed by atoms with Gasteiger partial charge in [-0.1, -0.05) is 42.5 Å². The molecule has 3 atom stereocenters. The lowest BCUT2D eigenvalue weighted by molar-refractivity contribution is -0.138. The highest BCUT2D eigenvalue weighted by atomic mass is 16.5. The smallest absolute Gasteiger partial charge is 0.242 e. The second-order valence-electron chi connectivity index (χ2n) is 8.96. The molecule has 0 radical (unpaired) electrons. The van der Waals surface area contributed by atoms with Crippen LogP contribution < -0.4 is 15.4 Å². The summed E-state index contributed by atoms with van der Waals surface area (Å²) in [5, 5.41) is 16.7. The lowest BCUT2D eigenvalue weighted by Crippen LogP contribution is -2.56. The molecule has 7 nitrogen and oxygen atoms in total. The maximum absolute atomic E-state index is 13.2. The zero-order valence-electron chi connectivity index (χ0n) is 20.2. The summed E-state index contributed by atoms with van der Waals surface area (Å²) in [6, 6.07) is 16.5. The summed E-state index contributed by atoms with van der Waals surface area (Å²) in [7, 11) is 1.68. The maximum Gasteiger partial charge on any atom is 0.242 e. The fourth-order valence-corrected chi connectivity index (χ4v) is 4.11. The Hall–Kier alpha value is -2.90.